The molecule has 0 aliphatic rings. The smallest absolute Gasteiger partial charge is 0.390 e. The third-order valence-electron chi connectivity index (χ3n) is 2.05. The number of benzene rings is 1. The minimum atomic E-state index is -4.73. The van der Waals surface area contributed by atoms with Gasteiger partial charge in [0.1, 0.15) is 9.79 Å². The lowest BCUT2D eigenvalue weighted by Crippen LogP contribution is -3.00. The van der Waals surface area contributed by atoms with Gasteiger partial charge in [-0.25, -0.2) is 0 Å². The van der Waals surface area contributed by atoms with Gasteiger partial charge in [0.2, 0.25) is 5.39 Å². The van der Waals surface area contributed by atoms with Gasteiger partial charge in [-0.15, -0.1) is 0 Å². The van der Waals surface area contributed by atoms with Gasteiger partial charge in [-0.1, -0.05) is 0 Å². The Labute approximate surface area is 133 Å². The zero-order chi connectivity index (χ0) is 14.3. The fraction of sp³-hybridized carbons (Fsp3) is 0.143. The Morgan fingerprint density at radius 2 is 1.68 bits per heavy atom. The Morgan fingerprint density at radius 1 is 1.21 bits per heavy atom. The standard InChI is InChI=1S/C7H5IN2O6S2.BrH/c1-3-4(10-9)2-5(17(11,12)13)6(8)7(3)18(14,15)16;/h2H,1H3,(H-,11,12,13,14,15,16);1H. The molecule has 0 aromatic heterocycles. The van der Waals surface area contributed by atoms with Crippen molar-refractivity contribution >= 4 is 48.5 Å². The Bertz CT molecular complexity index is 768. The van der Waals surface area contributed by atoms with Crippen LogP contribution in [0.2, 0.25) is 0 Å². The second kappa shape index (κ2) is 5.97. The van der Waals surface area contributed by atoms with Crippen LogP contribution in [0.4, 0.5) is 5.69 Å². The maximum absolute atomic E-state index is 11.2. The van der Waals surface area contributed by atoms with Crippen molar-refractivity contribution in [3.63, 3.8) is 0 Å². The summed E-state index contributed by atoms with van der Waals surface area (Å²) in [6, 6.07) is 0.793. The molecule has 12 heteroatoms. The molecule has 0 amide bonds. The van der Waals surface area contributed by atoms with Gasteiger partial charge in [-0.05, 0) is 29.5 Å². The summed E-state index contributed by atoms with van der Waals surface area (Å²) < 4.78 is 62.1. The number of hydrogen-bond acceptors (Lipinski definition) is 5. The summed E-state index contributed by atoms with van der Waals surface area (Å²) in [7, 11) is -9.45. The molecule has 0 saturated carbocycles. The molecular weight excluding hydrogens is 479 g/mol. The van der Waals surface area contributed by atoms with E-state index in [1.54, 1.807) is 0 Å². The second-order valence-electron chi connectivity index (χ2n) is 3.21. The molecule has 0 bridgehead atoms. The van der Waals surface area contributed by atoms with Gasteiger partial charge >= 0.3 is 5.69 Å². The van der Waals surface area contributed by atoms with Crippen molar-refractivity contribution in [2.75, 3.05) is 0 Å². The quantitative estimate of drug-likeness (QED) is 0.298. The molecule has 1 aromatic carbocycles. The van der Waals surface area contributed by atoms with Gasteiger partial charge in [0, 0.05) is 0 Å². The Morgan fingerprint density at radius 3 is 2.00 bits per heavy atom. The highest BCUT2D eigenvalue weighted by Gasteiger charge is 2.31. The molecule has 8 nitrogen and oxygen atoms in total. The molecule has 0 fully saturated rings. The van der Waals surface area contributed by atoms with Crippen molar-refractivity contribution in [3.8, 4) is 0 Å². The number of rotatable bonds is 2. The van der Waals surface area contributed by atoms with Gasteiger partial charge in [0.15, 0.2) is 4.98 Å². The molecule has 0 radical (unpaired) electrons. The summed E-state index contributed by atoms with van der Waals surface area (Å²) in [5.41, 5.74) is -0.535. The molecule has 2 N–H and O–H groups in total. The monoisotopic (exact) mass is 484 g/mol. The third kappa shape index (κ3) is 3.83. The number of halogens is 2. The SMILES string of the molecule is Cc1c([N+]#N)cc(S(=O)(=O)O)c(I)c1S(=O)(=O)O.[Br-]. The van der Waals surface area contributed by atoms with E-state index in [1.165, 1.54) is 29.5 Å². The molecule has 0 aliphatic heterocycles. The summed E-state index contributed by atoms with van der Waals surface area (Å²) in [4.78, 5) is 1.21. The van der Waals surface area contributed by atoms with Crippen molar-refractivity contribution in [1.29, 1.82) is 5.39 Å². The summed E-state index contributed by atoms with van der Waals surface area (Å²) in [6.07, 6.45) is 0. The fourth-order valence-corrected chi connectivity index (χ4v) is 5.00. The van der Waals surface area contributed by atoms with Gasteiger partial charge in [0.25, 0.3) is 20.2 Å². The van der Waals surface area contributed by atoms with E-state index in [0.29, 0.717) is 0 Å². The van der Waals surface area contributed by atoms with E-state index >= 15 is 0 Å². The maximum atomic E-state index is 11.2. The van der Waals surface area contributed by atoms with Gasteiger partial charge in [-0.2, -0.15) is 16.8 Å². The molecule has 106 valence electrons. The van der Waals surface area contributed by atoms with Crippen LogP contribution in [0, 0.1) is 15.9 Å². The minimum Gasteiger partial charge on any atom is -1.00 e. The molecule has 1 rings (SSSR count). The van der Waals surface area contributed by atoms with Crippen LogP contribution < -0.4 is 17.0 Å². The minimum absolute atomic E-state index is 0. The molecule has 0 heterocycles. The van der Waals surface area contributed by atoms with Gasteiger partial charge in [0.05, 0.1) is 15.2 Å². The van der Waals surface area contributed by atoms with E-state index in [0.717, 1.165) is 6.07 Å². The van der Waals surface area contributed by atoms with Crippen LogP contribution in [-0.4, -0.2) is 25.9 Å². The predicted octanol–water partition coefficient (Wildman–Crippen LogP) is -1.42. The summed E-state index contributed by atoms with van der Waals surface area (Å²) in [5, 5.41) is 8.66. The van der Waals surface area contributed by atoms with E-state index in [2.05, 4.69) is 4.98 Å². The van der Waals surface area contributed by atoms with Crippen LogP contribution in [0.25, 0.3) is 4.98 Å². The van der Waals surface area contributed by atoms with E-state index in [-0.39, 0.29) is 26.1 Å². The van der Waals surface area contributed by atoms with E-state index in [1.807, 2.05) is 0 Å². The Kier molecular flexibility index (Phi) is 5.87. The Balaban J connectivity index is 0.00000324. The first-order valence-corrected chi connectivity index (χ1v) is 8.09. The van der Waals surface area contributed by atoms with Crippen molar-refractivity contribution in [3.05, 3.63) is 20.2 Å². The van der Waals surface area contributed by atoms with Crippen molar-refractivity contribution in [2.45, 2.75) is 16.7 Å². The average Bonchev–Trinajstić information content (AvgIpc) is 2.13. The number of nitrogens with zero attached hydrogens (tertiary/aromatic N) is 2. The topological polar surface area (TPSA) is 137 Å². The fourth-order valence-electron chi connectivity index (χ4n) is 1.29. The number of hydrogen-bond donors (Lipinski definition) is 2. The van der Waals surface area contributed by atoms with Crippen molar-refractivity contribution in [1.82, 2.24) is 0 Å². The highest BCUT2D eigenvalue weighted by molar-refractivity contribution is 14.1. The first-order chi connectivity index (χ1) is 8.00. The molecule has 0 aliphatic carbocycles. The summed E-state index contributed by atoms with van der Waals surface area (Å²) in [6.45, 7) is 1.22. The normalized spacial score (nSPS) is 11.5. The lowest BCUT2D eigenvalue weighted by molar-refractivity contribution is -0.0000122. The van der Waals surface area contributed by atoms with Crippen molar-refractivity contribution < 1.29 is 42.9 Å². The van der Waals surface area contributed by atoms with Crippen LogP contribution in [0.1, 0.15) is 5.56 Å². The van der Waals surface area contributed by atoms with Crippen molar-refractivity contribution in [2.24, 2.45) is 0 Å². The summed E-state index contributed by atoms with van der Waals surface area (Å²) >= 11 is 1.35. The first kappa shape index (κ1) is 18.7. The highest BCUT2D eigenvalue weighted by atomic mass is 127. The molecule has 0 saturated heterocycles. The Hall–Kier alpha value is -0.330. The molecule has 19 heavy (non-hydrogen) atoms. The average molecular weight is 485 g/mol. The first-order valence-electron chi connectivity index (χ1n) is 4.13. The van der Waals surface area contributed by atoms with E-state index < -0.39 is 35.7 Å². The largest absolute Gasteiger partial charge is 1.00 e. The van der Waals surface area contributed by atoms with Crippen LogP contribution >= 0.6 is 22.6 Å². The molecule has 0 spiro atoms. The van der Waals surface area contributed by atoms with E-state index in [9.17, 15) is 16.8 Å². The van der Waals surface area contributed by atoms with Gasteiger partial charge in [-0.3, -0.25) is 9.11 Å². The van der Waals surface area contributed by atoms with Gasteiger partial charge < -0.3 is 17.0 Å². The lowest BCUT2D eigenvalue weighted by atomic mass is 10.2. The van der Waals surface area contributed by atoms with Crippen LogP contribution in [0.3, 0.4) is 0 Å². The molecule has 1 aromatic rings. The van der Waals surface area contributed by atoms with Crippen LogP contribution in [0.5, 0.6) is 0 Å². The summed E-state index contributed by atoms with van der Waals surface area (Å²) in [5.74, 6) is 0. The maximum Gasteiger partial charge on any atom is 0.390 e. The van der Waals surface area contributed by atoms with Crippen LogP contribution in [-0.2, 0) is 20.2 Å². The molecule has 0 atom stereocenters. The number of diazo groups is 1. The molecule has 0 unspecified atom stereocenters. The van der Waals surface area contributed by atoms with Crippen LogP contribution in [0.15, 0.2) is 15.9 Å². The highest BCUT2D eigenvalue weighted by Crippen LogP contribution is 2.34. The predicted molar refractivity (Wildman–Crippen MR) is 68.3 cm³/mol. The second-order valence-corrected chi connectivity index (χ2v) is 7.04. The third-order valence-corrected chi connectivity index (χ3v) is 5.81. The zero-order valence-electron chi connectivity index (χ0n) is 9.07. The zero-order valence-corrected chi connectivity index (χ0v) is 14.4. The van der Waals surface area contributed by atoms with E-state index in [4.69, 9.17) is 14.5 Å². The molecular formula is C7H6BrIN2O6S2. The lowest BCUT2D eigenvalue weighted by Gasteiger charge is -2.06.